The van der Waals surface area contributed by atoms with Crippen LogP contribution in [0.4, 0.5) is 5.69 Å². The van der Waals surface area contributed by atoms with Gasteiger partial charge in [0.2, 0.25) is 0 Å². The number of amides is 1. The Labute approximate surface area is 208 Å². The van der Waals surface area contributed by atoms with Gasteiger partial charge >= 0.3 is 5.97 Å². The van der Waals surface area contributed by atoms with E-state index in [9.17, 15) is 19.5 Å². The number of hydrogen-bond acceptors (Lipinski definition) is 7. The molecule has 1 unspecified atom stereocenters. The molecule has 1 aliphatic rings. The maximum atomic E-state index is 13.3. The molecule has 184 valence electrons. The van der Waals surface area contributed by atoms with Crippen LogP contribution in [-0.4, -0.2) is 44.1 Å². The van der Waals surface area contributed by atoms with Crippen LogP contribution in [0.5, 0.6) is 11.5 Å². The molecule has 1 saturated heterocycles. The van der Waals surface area contributed by atoms with Crippen LogP contribution in [0.15, 0.2) is 78.4 Å². The molecule has 1 aliphatic heterocycles. The standard InChI is InChI=1S/C28H25NO7/c1-34-21-13-9-18(10-14-21)25-24(26(31)19-5-4-6-22(16-19)35-2)27(32)28(33)29(25)20-11-7-17(8-12-20)15-23(30)36-3/h4-14,16,25,31H,15H2,1-3H3/b26-24-. The highest BCUT2D eigenvalue weighted by molar-refractivity contribution is 6.51. The molecule has 3 aromatic rings. The summed E-state index contributed by atoms with van der Waals surface area (Å²) in [4.78, 5) is 39.6. The van der Waals surface area contributed by atoms with Crippen molar-refractivity contribution in [3.05, 3.63) is 95.1 Å². The number of rotatable bonds is 7. The minimum absolute atomic E-state index is 0.0444. The molecule has 8 nitrogen and oxygen atoms in total. The topological polar surface area (TPSA) is 102 Å². The fourth-order valence-electron chi connectivity index (χ4n) is 4.14. The lowest BCUT2D eigenvalue weighted by atomic mass is 9.95. The van der Waals surface area contributed by atoms with Gasteiger partial charge in [0.05, 0.1) is 39.4 Å². The van der Waals surface area contributed by atoms with Crippen molar-refractivity contribution in [1.82, 2.24) is 0 Å². The average Bonchev–Trinajstić information content (AvgIpc) is 3.18. The van der Waals surface area contributed by atoms with Gasteiger partial charge in [0.15, 0.2) is 0 Å². The van der Waals surface area contributed by atoms with Crippen LogP contribution < -0.4 is 14.4 Å². The minimum Gasteiger partial charge on any atom is -0.507 e. The molecule has 0 radical (unpaired) electrons. The van der Waals surface area contributed by atoms with Crippen LogP contribution in [0.1, 0.15) is 22.7 Å². The van der Waals surface area contributed by atoms with Crippen LogP contribution in [0, 0.1) is 0 Å². The highest BCUT2D eigenvalue weighted by Crippen LogP contribution is 2.42. The molecular weight excluding hydrogens is 462 g/mol. The average molecular weight is 488 g/mol. The number of hydrogen-bond donors (Lipinski definition) is 1. The van der Waals surface area contributed by atoms with E-state index in [2.05, 4.69) is 0 Å². The maximum Gasteiger partial charge on any atom is 0.309 e. The third kappa shape index (κ3) is 4.65. The Hall–Kier alpha value is -4.59. The van der Waals surface area contributed by atoms with Gasteiger partial charge in [0, 0.05) is 11.3 Å². The first-order valence-corrected chi connectivity index (χ1v) is 11.1. The zero-order valence-electron chi connectivity index (χ0n) is 20.1. The predicted octanol–water partition coefficient (Wildman–Crippen LogP) is 4.05. The number of aliphatic hydroxyl groups is 1. The fraction of sp³-hybridized carbons (Fsp3) is 0.179. The summed E-state index contributed by atoms with van der Waals surface area (Å²) in [5.74, 6) is -1.18. The van der Waals surface area contributed by atoms with Gasteiger partial charge < -0.3 is 19.3 Å². The van der Waals surface area contributed by atoms with Crippen LogP contribution in [0.2, 0.25) is 0 Å². The normalized spacial score (nSPS) is 16.6. The number of carbonyl (C=O) groups is 3. The summed E-state index contributed by atoms with van der Waals surface area (Å²) in [5, 5.41) is 11.2. The minimum atomic E-state index is -0.895. The number of anilines is 1. The molecule has 1 atom stereocenters. The number of benzene rings is 3. The van der Waals surface area contributed by atoms with Crippen LogP contribution in [0.3, 0.4) is 0 Å². The van der Waals surface area contributed by atoms with Gasteiger partial charge in [-0.15, -0.1) is 0 Å². The highest BCUT2D eigenvalue weighted by Gasteiger charge is 2.47. The molecule has 0 aliphatic carbocycles. The molecule has 0 bridgehead atoms. The maximum absolute atomic E-state index is 13.3. The summed E-state index contributed by atoms with van der Waals surface area (Å²) in [6.45, 7) is 0. The van der Waals surface area contributed by atoms with Crippen molar-refractivity contribution >= 4 is 29.1 Å². The number of aliphatic hydroxyl groups excluding tert-OH is 1. The molecule has 3 aromatic carbocycles. The number of ether oxygens (including phenoxy) is 3. The summed E-state index contributed by atoms with van der Waals surface area (Å²) in [6.07, 6.45) is 0.0767. The second-order valence-corrected chi connectivity index (χ2v) is 8.09. The number of ketones is 1. The first kappa shape index (κ1) is 24.5. The van der Waals surface area contributed by atoms with Crippen molar-refractivity contribution in [3.63, 3.8) is 0 Å². The van der Waals surface area contributed by atoms with E-state index in [0.29, 0.717) is 33.9 Å². The second kappa shape index (κ2) is 10.4. The van der Waals surface area contributed by atoms with E-state index in [4.69, 9.17) is 14.2 Å². The molecule has 0 spiro atoms. The lowest BCUT2D eigenvalue weighted by Gasteiger charge is -2.25. The molecule has 1 amide bonds. The zero-order valence-corrected chi connectivity index (χ0v) is 20.1. The zero-order chi connectivity index (χ0) is 25.8. The monoisotopic (exact) mass is 487 g/mol. The van der Waals surface area contributed by atoms with E-state index in [1.165, 1.54) is 19.1 Å². The van der Waals surface area contributed by atoms with E-state index in [-0.39, 0.29) is 23.7 Å². The third-order valence-electron chi connectivity index (χ3n) is 6.01. The Kier molecular flexibility index (Phi) is 7.05. The Bertz CT molecular complexity index is 1330. The Balaban J connectivity index is 1.85. The third-order valence-corrected chi connectivity index (χ3v) is 6.01. The number of esters is 1. The summed E-state index contributed by atoms with van der Waals surface area (Å²) >= 11 is 0. The quantitative estimate of drug-likeness (QED) is 0.232. The lowest BCUT2D eigenvalue weighted by molar-refractivity contribution is -0.139. The number of Topliss-reactive ketones (excluding diaryl/α,β-unsaturated/α-hetero) is 1. The number of methoxy groups -OCH3 is 3. The van der Waals surface area contributed by atoms with Crippen molar-refractivity contribution in [2.45, 2.75) is 12.5 Å². The summed E-state index contributed by atoms with van der Waals surface area (Å²) in [5.41, 5.74) is 2.05. The van der Waals surface area contributed by atoms with Gasteiger partial charge in [-0.05, 0) is 47.5 Å². The van der Waals surface area contributed by atoms with E-state index in [1.54, 1.807) is 79.9 Å². The van der Waals surface area contributed by atoms with E-state index < -0.39 is 17.7 Å². The summed E-state index contributed by atoms with van der Waals surface area (Å²) in [7, 11) is 4.35. The van der Waals surface area contributed by atoms with Crippen molar-refractivity contribution in [1.29, 1.82) is 0 Å². The van der Waals surface area contributed by atoms with Gasteiger partial charge in [-0.2, -0.15) is 0 Å². The predicted molar refractivity (Wildman–Crippen MR) is 133 cm³/mol. The van der Waals surface area contributed by atoms with Crippen LogP contribution >= 0.6 is 0 Å². The van der Waals surface area contributed by atoms with Crippen molar-refractivity contribution in [3.8, 4) is 11.5 Å². The Morgan fingerprint density at radius 2 is 1.56 bits per heavy atom. The van der Waals surface area contributed by atoms with E-state index in [0.717, 1.165) is 0 Å². The first-order valence-electron chi connectivity index (χ1n) is 11.1. The van der Waals surface area contributed by atoms with Gasteiger partial charge in [0.25, 0.3) is 11.7 Å². The molecule has 4 rings (SSSR count). The van der Waals surface area contributed by atoms with Gasteiger partial charge in [-0.25, -0.2) is 0 Å². The van der Waals surface area contributed by atoms with Gasteiger partial charge in [-0.3, -0.25) is 19.3 Å². The van der Waals surface area contributed by atoms with Crippen molar-refractivity contribution in [2.24, 2.45) is 0 Å². The highest BCUT2D eigenvalue weighted by atomic mass is 16.5. The largest absolute Gasteiger partial charge is 0.507 e. The number of carbonyl (C=O) groups excluding carboxylic acids is 3. The van der Waals surface area contributed by atoms with E-state index >= 15 is 0 Å². The molecule has 1 fully saturated rings. The summed E-state index contributed by atoms with van der Waals surface area (Å²) < 4.78 is 15.2. The molecular formula is C28H25NO7. The molecule has 0 aromatic heterocycles. The SMILES string of the molecule is COC(=O)Cc1ccc(N2C(=O)C(=O)/C(=C(\O)c3cccc(OC)c3)C2c2ccc(OC)cc2)cc1. The molecule has 1 heterocycles. The molecule has 8 heteroatoms. The summed E-state index contributed by atoms with van der Waals surface area (Å²) in [6, 6.07) is 19.4. The number of nitrogens with zero attached hydrogens (tertiary/aromatic N) is 1. The Morgan fingerprint density at radius 3 is 2.17 bits per heavy atom. The first-order chi connectivity index (χ1) is 17.4. The Morgan fingerprint density at radius 1 is 0.889 bits per heavy atom. The fourth-order valence-corrected chi connectivity index (χ4v) is 4.14. The second-order valence-electron chi connectivity index (χ2n) is 8.09. The lowest BCUT2D eigenvalue weighted by Crippen LogP contribution is -2.29. The molecule has 1 N–H and O–H groups in total. The molecule has 36 heavy (non-hydrogen) atoms. The van der Waals surface area contributed by atoms with Crippen molar-refractivity contribution < 1.29 is 33.7 Å². The van der Waals surface area contributed by atoms with Gasteiger partial charge in [0.1, 0.15) is 17.3 Å². The smallest absolute Gasteiger partial charge is 0.309 e. The molecule has 0 saturated carbocycles. The van der Waals surface area contributed by atoms with Crippen LogP contribution in [0.25, 0.3) is 5.76 Å². The van der Waals surface area contributed by atoms with E-state index in [1.807, 2.05) is 0 Å². The van der Waals surface area contributed by atoms with Gasteiger partial charge in [-0.1, -0.05) is 36.4 Å². The van der Waals surface area contributed by atoms with Crippen molar-refractivity contribution in [2.75, 3.05) is 26.2 Å². The van der Waals surface area contributed by atoms with Crippen LogP contribution in [-0.2, 0) is 25.5 Å².